The second-order valence-electron chi connectivity index (χ2n) is 7.92. The van der Waals surface area contributed by atoms with E-state index in [2.05, 4.69) is 48.7 Å². The van der Waals surface area contributed by atoms with Crippen LogP contribution in [0.3, 0.4) is 0 Å². The highest BCUT2D eigenvalue weighted by Crippen LogP contribution is 2.17. The summed E-state index contributed by atoms with van der Waals surface area (Å²) in [6.07, 6.45) is 1.56. The van der Waals surface area contributed by atoms with Crippen molar-refractivity contribution in [3.8, 4) is 0 Å². The van der Waals surface area contributed by atoms with E-state index in [0.717, 1.165) is 5.56 Å². The van der Waals surface area contributed by atoms with Crippen molar-refractivity contribution in [2.45, 2.75) is 32.9 Å². The molecule has 0 aliphatic heterocycles. The van der Waals surface area contributed by atoms with Crippen LogP contribution in [0.4, 0.5) is 5.69 Å². The Morgan fingerprint density at radius 1 is 1.00 bits per heavy atom. The van der Waals surface area contributed by atoms with Crippen molar-refractivity contribution in [2.75, 3.05) is 18.9 Å². The number of likely N-dealkylation sites (N-methyl/N-ethyl adjacent to an activating group) is 1. The van der Waals surface area contributed by atoms with Crippen LogP contribution in [0.25, 0.3) is 0 Å². The molecule has 0 bridgehead atoms. The van der Waals surface area contributed by atoms with Gasteiger partial charge in [-0.25, -0.2) is 0 Å². The Kier molecular flexibility index (Phi) is 7.62. The van der Waals surface area contributed by atoms with Gasteiger partial charge >= 0.3 is 0 Å². The molecule has 3 rings (SSSR count). The molecule has 0 aliphatic rings. The van der Waals surface area contributed by atoms with E-state index in [1.807, 2.05) is 11.9 Å². The first-order valence-electron chi connectivity index (χ1n) is 10.4. The van der Waals surface area contributed by atoms with Crippen LogP contribution < -0.4 is 10.6 Å². The van der Waals surface area contributed by atoms with E-state index in [4.69, 9.17) is 4.42 Å². The molecule has 1 heterocycles. The molecule has 0 spiro atoms. The van der Waals surface area contributed by atoms with Gasteiger partial charge in [-0.1, -0.05) is 50.2 Å². The standard InChI is InChI=1S/C25H29N3O3/c1-18(2)20-12-10-19(11-13-20)16-28(3)17-24(29)27-23-9-5-4-8-22(23)25(30)26-15-21-7-6-14-31-21/h4-14,18H,15-17H2,1-3H3,(H,26,30)(H,27,29). The molecule has 1 aromatic heterocycles. The lowest BCUT2D eigenvalue weighted by molar-refractivity contribution is -0.117. The Labute approximate surface area is 183 Å². The van der Waals surface area contributed by atoms with E-state index in [1.54, 1.807) is 42.7 Å². The smallest absolute Gasteiger partial charge is 0.253 e. The van der Waals surface area contributed by atoms with Gasteiger partial charge in [0.2, 0.25) is 5.91 Å². The Morgan fingerprint density at radius 3 is 2.42 bits per heavy atom. The molecule has 162 valence electrons. The summed E-state index contributed by atoms with van der Waals surface area (Å²) in [5, 5.41) is 5.67. The summed E-state index contributed by atoms with van der Waals surface area (Å²) in [5.41, 5.74) is 3.34. The van der Waals surface area contributed by atoms with E-state index in [0.29, 0.717) is 29.5 Å². The zero-order valence-electron chi connectivity index (χ0n) is 18.2. The van der Waals surface area contributed by atoms with E-state index in [9.17, 15) is 9.59 Å². The van der Waals surface area contributed by atoms with Crippen LogP contribution in [0.5, 0.6) is 0 Å². The number of amides is 2. The van der Waals surface area contributed by atoms with Crippen molar-refractivity contribution >= 4 is 17.5 Å². The summed E-state index contributed by atoms with van der Waals surface area (Å²) < 4.78 is 5.24. The third kappa shape index (κ3) is 6.55. The number of rotatable bonds is 9. The van der Waals surface area contributed by atoms with Crippen LogP contribution in [0.1, 0.15) is 47.0 Å². The predicted molar refractivity (Wildman–Crippen MR) is 122 cm³/mol. The number of carbonyl (C=O) groups is 2. The van der Waals surface area contributed by atoms with Crippen LogP contribution in [0.15, 0.2) is 71.3 Å². The Bertz CT molecular complexity index is 995. The minimum absolute atomic E-state index is 0.174. The summed E-state index contributed by atoms with van der Waals surface area (Å²) >= 11 is 0. The van der Waals surface area contributed by atoms with Gasteiger partial charge in [-0.05, 0) is 48.4 Å². The first-order valence-corrected chi connectivity index (χ1v) is 10.4. The van der Waals surface area contributed by atoms with Gasteiger partial charge in [0.15, 0.2) is 0 Å². The van der Waals surface area contributed by atoms with E-state index in [-0.39, 0.29) is 24.9 Å². The first-order chi connectivity index (χ1) is 14.9. The lowest BCUT2D eigenvalue weighted by Crippen LogP contribution is -2.31. The number of anilines is 1. The topological polar surface area (TPSA) is 74.6 Å². The Balaban J connectivity index is 1.55. The van der Waals surface area contributed by atoms with E-state index >= 15 is 0 Å². The molecule has 0 aliphatic carbocycles. The number of nitrogens with one attached hydrogen (secondary N) is 2. The van der Waals surface area contributed by atoms with Crippen molar-refractivity contribution in [3.05, 3.63) is 89.4 Å². The third-order valence-corrected chi connectivity index (χ3v) is 4.96. The molecular weight excluding hydrogens is 390 g/mol. The number of carbonyl (C=O) groups excluding carboxylic acids is 2. The second kappa shape index (κ2) is 10.6. The number of benzene rings is 2. The SMILES string of the molecule is CC(C)c1ccc(CN(C)CC(=O)Nc2ccccc2C(=O)NCc2ccco2)cc1. The second-order valence-corrected chi connectivity index (χ2v) is 7.92. The van der Waals surface area contributed by atoms with Gasteiger partial charge in [-0.3, -0.25) is 14.5 Å². The molecule has 3 aromatic rings. The number of hydrogen-bond acceptors (Lipinski definition) is 4. The fourth-order valence-electron chi connectivity index (χ4n) is 3.28. The molecule has 0 atom stereocenters. The highest BCUT2D eigenvalue weighted by atomic mass is 16.3. The lowest BCUT2D eigenvalue weighted by atomic mass is 10.0. The predicted octanol–water partition coefficient (Wildman–Crippen LogP) is 4.40. The minimum atomic E-state index is -0.272. The maximum absolute atomic E-state index is 12.6. The molecule has 2 aromatic carbocycles. The monoisotopic (exact) mass is 419 g/mol. The molecule has 0 saturated carbocycles. The van der Waals surface area contributed by atoms with Gasteiger partial charge in [0.25, 0.3) is 5.91 Å². The number of hydrogen-bond donors (Lipinski definition) is 2. The molecule has 2 amide bonds. The lowest BCUT2D eigenvalue weighted by Gasteiger charge is -2.18. The van der Waals surface area contributed by atoms with Crippen molar-refractivity contribution in [1.82, 2.24) is 10.2 Å². The van der Waals surface area contributed by atoms with Crippen LogP contribution in [0, 0.1) is 0 Å². The van der Waals surface area contributed by atoms with E-state index in [1.165, 1.54) is 5.56 Å². The summed E-state index contributed by atoms with van der Waals surface area (Å²) in [6, 6.07) is 19.0. The summed E-state index contributed by atoms with van der Waals surface area (Å²) in [5.74, 6) is 0.713. The maximum Gasteiger partial charge on any atom is 0.253 e. The normalized spacial score (nSPS) is 11.0. The Morgan fingerprint density at radius 2 is 1.74 bits per heavy atom. The maximum atomic E-state index is 12.6. The fourth-order valence-corrected chi connectivity index (χ4v) is 3.28. The summed E-state index contributed by atoms with van der Waals surface area (Å²) in [6.45, 7) is 5.50. The largest absolute Gasteiger partial charge is 0.467 e. The quantitative estimate of drug-likeness (QED) is 0.539. The fraction of sp³-hybridized carbons (Fsp3) is 0.280. The van der Waals surface area contributed by atoms with Crippen molar-refractivity contribution in [2.24, 2.45) is 0 Å². The van der Waals surface area contributed by atoms with Gasteiger partial charge in [-0.15, -0.1) is 0 Å². The third-order valence-electron chi connectivity index (χ3n) is 4.96. The highest BCUT2D eigenvalue weighted by molar-refractivity contribution is 6.04. The average molecular weight is 420 g/mol. The average Bonchev–Trinajstić information content (AvgIpc) is 3.26. The van der Waals surface area contributed by atoms with Crippen molar-refractivity contribution < 1.29 is 14.0 Å². The van der Waals surface area contributed by atoms with Crippen molar-refractivity contribution in [3.63, 3.8) is 0 Å². The molecule has 0 unspecified atom stereocenters. The van der Waals surface area contributed by atoms with Gasteiger partial charge in [-0.2, -0.15) is 0 Å². The zero-order valence-corrected chi connectivity index (χ0v) is 18.2. The number of nitrogens with zero attached hydrogens (tertiary/aromatic N) is 1. The highest BCUT2D eigenvalue weighted by Gasteiger charge is 2.14. The van der Waals surface area contributed by atoms with Gasteiger partial charge < -0.3 is 15.1 Å². The summed E-state index contributed by atoms with van der Waals surface area (Å²) in [4.78, 5) is 27.1. The molecule has 0 saturated heterocycles. The molecule has 6 heteroatoms. The van der Waals surface area contributed by atoms with Crippen LogP contribution in [0.2, 0.25) is 0 Å². The molecular formula is C25H29N3O3. The molecule has 0 fully saturated rings. The van der Waals surface area contributed by atoms with Crippen LogP contribution in [-0.2, 0) is 17.9 Å². The van der Waals surface area contributed by atoms with Crippen molar-refractivity contribution in [1.29, 1.82) is 0 Å². The van der Waals surface area contributed by atoms with Gasteiger partial charge in [0, 0.05) is 6.54 Å². The zero-order chi connectivity index (χ0) is 22.2. The minimum Gasteiger partial charge on any atom is -0.467 e. The van der Waals surface area contributed by atoms with E-state index < -0.39 is 0 Å². The molecule has 0 radical (unpaired) electrons. The number of furan rings is 1. The van der Waals surface area contributed by atoms with Crippen LogP contribution in [-0.4, -0.2) is 30.3 Å². The van der Waals surface area contributed by atoms with Crippen LogP contribution >= 0.6 is 0 Å². The summed E-state index contributed by atoms with van der Waals surface area (Å²) in [7, 11) is 1.90. The van der Waals surface area contributed by atoms with Gasteiger partial charge in [0.05, 0.1) is 30.6 Å². The molecule has 6 nitrogen and oxygen atoms in total. The molecule has 2 N–H and O–H groups in total. The number of para-hydroxylation sites is 1. The first kappa shape index (κ1) is 22.3. The van der Waals surface area contributed by atoms with Gasteiger partial charge in [0.1, 0.15) is 5.76 Å². The Hall–Kier alpha value is -3.38. The molecule has 31 heavy (non-hydrogen) atoms.